The Kier molecular flexibility index (Phi) is 6.24. The highest BCUT2D eigenvalue weighted by atomic mass is 19.1. The van der Waals surface area contributed by atoms with E-state index in [1.807, 2.05) is 25.7 Å². The van der Waals surface area contributed by atoms with Gasteiger partial charge in [0.15, 0.2) is 11.5 Å². The molecule has 3 unspecified atom stereocenters. The van der Waals surface area contributed by atoms with E-state index in [4.69, 9.17) is 9.51 Å². The number of H-pyrrole nitrogens is 1. The number of imidazole rings is 1. The van der Waals surface area contributed by atoms with E-state index in [9.17, 15) is 9.59 Å². The van der Waals surface area contributed by atoms with Crippen molar-refractivity contribution in [3.8, 4) is 11.1 Å². The van der Waals surface area contributed by atoms with Crippen LogP contribution in [0.15, 0.2) is 47.6 Å². The molecule has 0 radical (unpaired) electrons. The first kappa shape index (κ1) is 25.8. The molecule has 2 N–H and O–H groups in total. The first-order chi connectivity index (χ1) is 19.1. The second-order valence-electron chi connectivity index (χ2n) is 11.5. The van der Waals surface area contributed by atoms with E-state index in [1.165, 1.54) is 12.1 Å². The van der Waals surface area contributed by atoms with Crippen molar-refractivity contribution in [2.75, 3.05) is 0 Å². The third-order valence-corrected chi connectivity index (χ3v) is 7.80. The van der Waals surface area contributed by atoms with Crippen LogP contribution in [0, 0.1) is 11.7 Å². The van der Waals surface area contributed by atoms with Gasteiger partial charge in [-0.25, -0.2) is 14.4 Å². The molecule has 4 heterocycles. The lowest BCUT2D eigenvalue weighted by Crippen LogP contribution is -2.39. The Morgan fingerprint density at radius 3 is 2.80 bits per heavy atom. The van der Waals surface area contributed by atoms with E-state index in [1.54, 1.807) is 24.4 Å². The van der Waals surface area contributed by atoms with Crippen molar-refractivity contribution < 1.29 is 18.5 Å². The number of hydrogen-bond acceptors (Lipinski definition) is 7. The van der Waals surface area contributed by atoms with Crippen LogP contribution < -0.4 is 5.32 Å². The molecule has 2 aliphatic rings. The maximum atomic E-state index is 15.2. The number of carbonyl (C=O) groups excluding carboxylic acids is 2. The normalized spacial score (nSPS) is 20.3. The van der Waals surface area contributed by atoms with Crippen molar-refractivity contribution in [3.63, 3.8) is 0 Å². The number of aromatic nitrogens is 5. The highest BCUT2D eigenvalue weighted by molar-refractivity contribution is 5.91. The third-order valence-electron chi connectivity index (χ3n) is 7.80. The average molecular weight is 544 g/mol. The van der Waals surface area contributed by atoms with Gasteiger partial charge in [-0.05, 0) is 49.0 Å². The molecule has 4 aromatic rings. The molecule has 1 aliphatic carbocycles. The van der Waals surface area contributed by atoms with Crippen LogP contribution >= 0.6 is 0 Å². The van der Waals surface area contributed by atoms with Crippen molar-refractivity contribution in [2.24, 2.45) is 5.92 Å². The van der Waals surface area contributed by atoms with Crippen LogP contribution in [0.2, 0.25) is 0 Å². The largest absolute Gasteiger partial charge is 0.344 e. The smallest absolute Gasteiger partial charge is 0.315 e. The molecule has 1 saturated carbocycles. The minimum atomic E-state index is -0.572. The van der Waals surface area contributed by atoms with Crippen LogP contribution in [0.1, 0.15) is 74.0 Å². The van der Waals surface area contributed by atoms with Gasteiger partial charge in [-0.3, -0.25) is 9.59 Å². The molecule has 3 aromatic heterocycles. The molecule has 40 heavy (non-hydrogen) atoms. The molecule has 6 rings (SSSR count). The lowest BCUT2D eigenvalue weighted by Gasteiger charge is -2.33. The number of halogens is 1. The van der Waals surface area contributed by atoms with Gasteiger partial charge in [0.2, 0.25) is 5.91 Å². The predicted molar refractivity (Wildman–Crippen MR) is 144 cm³/mol. The van der Waals surface area contributed by atoms with Crippen LogP contribution in [0.4, 0.5) is 4.39 Å². The molecule has 1 saturated heterocycles. The van der Waals surface area contributed by atoms with E-state index in [-0.39, 0.29) is 35.8 Å². The number of hydrogen-bond donors (Lipinski definition) is 2. The highest BCUT2D eigenvalue weighted by Gasteiger charge is 2.49. The second-order valence-corrected chi connectivity index (χ2v) is 11.5. The molecule has 11 heteroatoms. The van der Waals surface area contributed by atoms with Gasteiger partial charge in [-0.2, -0.15) is 4.98 Å². The Hall–Kier alpha value is -4.41. The molecule has 0 spiro atoms. The first-order valence-corrected chi connectivity index (χ1v) is 13.3. The fourth-order valence-corrected chi connectivity index (χ4v) is 5.80. The Balaban J connectivity index is 1.23. The predicted octanol–water partition coefficient (Wildman–Crippen LogP) is 4.61. The standard InChI is InChI=1S/C29H30FN7O3/c1-5-21(38)37-18-9-8-16(12-18)23(37)25-33-22-19(10-11-31-24(22)34-25)15-6-7-17(20(30)13-15)14-32-26(39)27-35-28(36-40-27)29(2,3)4/h5-7,10-11,13,16,18,23H,1,8-9,12,14H2,2-4H3,(H,32,39)(H,31,33,34). The van der Waals surface area contributed by atoms with Crippen molar-refractivity contribution in [1.82, 2.24) is 35.3 Å². The van der Waals surface area contributed by atoms with E-state index < -0.39 is 11.7 Å². The monoisotopic (exact) mass is 543 g/mol. The lowest BCUT2D eigenvalue weighted by molar-refractivity contribution is -0.130. The summed E-state index contributed by atoms with van der Waals surface area (Å²) < 4.78 is 20.2. The van der Waals surface area contributed by atoms with E-state index in [2.05, 4.69) is 32.0 Å². The van der Waals surface area contributed by atoms with Crippen LogP contribution in [0.5, 0.6) is 0 Å². The Bertz CT molecular complexity index is 1640. The summed E-state index contributed by atoms with van der Waals surface area (Å²) in [5.41, 5.74) is 2.50. The van der Waals surface area contributed by atoms with E-state index in [0.29, 0.717) is 39.9 Å². The summed E-state index contributed by atoms with van der Waals surface area (Å²) in [7, 11) is 0. The number of nitrogens with zero attached hydrogens (tertiary/aromatic N) is 5. The number of aromatic amines is 1. The number of likely N-dealkylation sites (tertiary alicyclic amines) is 1. The van der Waals surface area contributed by atoms with Gasteiger partial charge in [0.05, 0.1) is 11.6 Å². The molecule has 206 valence electrons. The first-order valence-electron chi connectivity index (χ1n) is 13.3. The lowest BCUT2D eigenvalue weighted by atomic mass is 9.96. The van der Waals surface area contributed by atoms with E-state index >= 15 is 4.39 Å². The number of amides is 2. The highest BCUT2D eigenvalue weighted by Crippen LogP contribution is 2.50. The fourth-order valence-electron chi connectivity index (χ4n) is 5.80. The summed E-state index contributed by atoms with van der Waals surface area (Å²) in [6.07, 6.45) is 5.98. The third kappa shape index (κ3) is 4.44. The SMILES string of the molecule is C=CC(=O)N1C2CCC(C2)C1c1nc2nccc(-c3ccc(CNC(=O)c4nc(C(C)(C)C)no4)c(F)c3)c2[nH]1. The maximum absolute atomic E-state index is 15.2. The summed E-state index contributed by atoms with van der Waals surface area (Å²) in [6, 6.07) is 6.68. The quantitative estimate of drug-likeness (QED) is 0.340. The van der Waals surface area contributed by atoms with Crippen molar-refractivity contribution in [1.29, 1.82) is 0 Å². The number of fused-ring (bicyclic) bond motifs is 3. The van der Waals surface area contributed by atoms with Crippen LogP contribution in [0.25, 0.3) is 22.3 Å². The van der Waals surface area contributed by atoms with Crippen LogP contribution in [-0.2, 0) is 16.8 Å². The summed E-state index contributed by atoms with van der Waals surface area (Å²) >= 11 is 0. The fraction of sp³-hybridized carbons (Fsp3) is 0.379. The van der Waals surface area contributed by atoms with Gasteiger partial charge in [-0.15, -0.1) is 0 Å². The Morgan fingerprint density at radius 2 is 2.08 bits per heavy atom. The van der Waals surface area contributed by atoms with Gasteiger partial charge in [-0.1, -0.05) is 44.6 Å². The zero-order chi connectivity index (χ0) is 28.2. The van der Waals surface area contributed by atoms with Crippen molar-refractivity contribution in [3.05, 3.63) is 72.0 Å². The summed E-state index contributed by atoms with van der Waals surface area (Å²) in [5, 5.41) is 6.48. The zero-order valence-corrected chi connectivity index (χ0v) is 22.6. The topological polar surface area (TPSA) is 130 Å². The molecular formula is C29H30FN7O3. The number of rotatable bonds is 6. The van der Waals surface area contributed by atoms with Crippen LogP contribution in [0.3, 0.4) is 0 Å². The van der Waals surface area contributed by atoms with Gasteiger partial charge < -0.3 is 19.7 Å². The van der Waals surface area contributed by atoms with Gasteiger partial charge in [0.1, 0.15) is 11.6 Å². The number of pyridine rings is 1. The molecule has 1 aliphatic heterocycles. The molecule has 3 atom stereocenters. The van der Waals surface area contributed by atoms with E-state index in [0.717, 1.165) is 24.8 Å². The molecular weight excluding hydrogens is 513 g/mol. The molecule has 2 fully saturated rings. The van der Waals surface area contributed by atoms with Crippen molar-refractivity contribution in [2.45, 2.75) is 64.1 Å². The Morgan fingerprint density at radius 1 is 1.25 bits per heavy atom. The summed E-state index contributed by atoms with van der Waals surface area (Å²) in [4.78, 5) is 43.7. The maximum Gasteiger partial charge on any atom is 0.315 e. The van der Waals surface area contributed by atoms with Gasteiger partial charge in [0.25, 0.3) is 0 Å². The summed E-state index contributed by atoms with van der Waals surface area (Å²) in [6.45, 7) is 9.36. The Labute approximate surface area is 230 Å². The van der Waals surface area contributed by atoms with Crippen molar-refractivity contribution >= 4 is 23.0 Å². The number of piperidine rings is 1. The average Bonchev–Trinajstić information content (AvgIpc) is 3.73. The molecule has 10 nitrogen and oxygen atoms in total. The second kappa shape index (κ2) is 9.65. The van der Waals surface area contributed by atoms with Gasteiger partial charge >= 0.3 is 11.8 Å². The molecule has 2 amide bonds. The van der Waals surface area contributed by atoms with Crippen LogP contribution in [-0.4, -0.2) is 47.8 Å². The minimum Gasteiger partial charge on any atom is -0.344 e. The summed E-state index contributed by atoms with van der Waals surface area (Å²) in [5.74, 6) is 0.129. The molecule has 2 bridgehead atoms. The number of benzene rings is 1. The minimum absolute atomic E-state index is 0.0461. The number of carbonyl (C=O) groups is 2. The number of nitrogens with one attached hydrogen (secondary N) is 2. The molecule has 1 aromatic carbocycles. The van der Waals surface area contributed by atoms with Gasteiger partial charge in [0, 0.05) is 35.3 Å². The zero-order valence-electron chi connectivity index (χ0n) is 22.6.